The molecule has 1 aliphatic heterocycles. The van der Waals surface area contributed by atoms with Gasteiger partial charge in [0.2, 0.25) is 0 Å². The van der Waals surface area contributed by atoms with E-state index in [1.54, 1.807) is 12.1 Å². The average Bonchev–Trinajstić information content (AvgIpc) is 2.52. The van der Waals surface area contributed by atoms with Crippen LogP contribution in [0, 0.1) is 16.0 Å². The number of benzene rings is 1. The first kappa shape index (κ1) is 18.0. The molecule has 7 nitrogen and oxygen atoms in total. The van der Waals surface area contributed by atoms with Gasteiger partial charge in [-0.3, -0.25) is 10.1 Å². The second kappa shape index (κ2) is 7.51. The number of rotatable bonds is 4. The van der Waals surface area contributed by atoms with Crippen LogP contribution in [-0.2, 0) is 4.74 Å². The Labute approximate surface area is 142 Å². The molecule has 1 aromatic rings. The molecule has 2 rings (SSSR count). The first-order chi connectivity index (χ1) is 11.2. The summed E-state index contributed by atoms with van der Waals surface area (Å²) in [4.78, 5) is 24.2. The minimum Gasteiger partial charge on any atom is -0.449 e. The first-order valence-corrected chi connectivity index (χ1v) is 8.19. The summed E-state index contributed by atoms with van der Waals surface area (Å²) in [6.45, 7) is 7.88. The smallest absolute Gasteiger partial charge is 0.407 e. The summed E-state index contributed by atoms with van der Waals surface area (Å²) >= 11 is 0. The summed E-state index contributed by atoms with van der Waals surface area (Å²) in [5, 5.41) is 13.5. The second-order valence-electron chi connectivity index (χ2n) is 7.18. The molecule has 1 amide bonds. The zero-order valence-electron chi connectivity index (χ0n) is 14.4. The molecule has 0 unspecified atom stereocenters. The lowest BCUT2D eigenvalue weighted by atomic mass is 9.97. The highest BCUT2D eigenvalue weighted by Gasteiger charge is 2.22. The van der Waals surface area contributed by atoms with Gasteiger partial charge in [0, 0.05) is 36.4 Å². The summed E-state index contributed by atoms with van der Waals surface area (Å²) < 4.78 is 5.30. The second-order valence-corrected chi connectivity index (χ2v) is 7.18. The molecule has 7 heteroatoms. The van der Waals surface area contributed by atoms with Gasteiger partial charge in [0.25, 0.3) is 5.69 Å². The Balaban J connectivity index is 1.77. The van der Waals surface area contributed by atoms with Crippen LogP contribution in [0.3, 0.4) is 0 Å². The van der Waals surface area contributed by atoms with Crippen molar-refractivity contribution in [2.45, 2.75) is 39.2 Å². The molecule has 0 atom stereocenters. The first-order valence-electron chi connectivity index (χ1n) is 8.19. The fraction of sp³-hybridized carbons (Fsp3) is 0.588. The van der Waals surface area contributed by atoms with Crippen LogP contribution >= 0.6 is 0 Å². The highest BCUT2D eigenvalue weighted by atomic mass is 16.6. The molecule has 132 valence electrons. The molecule has 0 saturated carbocycles. The number of ether oxygens (including phenoxy) is 1. The van der Waals surface area contributed by atoms with Crippen LogP contribution < -0.4 is 10.2 Å². The van der Waals surface area contributed by atoms with E-state index < -0.39 is 4.92 Å². The zero-order valence-corrected chi connectivity index (χ0v) is 14.4. The summed E-state index contributed by atoms with van der Waals surface area (Å²) in [5.41, 5.74) is 0.799. The fourth-order valence-corrected chi connectivity index (χ4v) is 2.68. The van der Waals surface area contributed by atoms with Crippen molar-refractivity contribution in [2.24, 2.45) is 5.92 Å². The predicted molar refractivity (Wildman–Crippen MR) is 92.3 cm³/mol. The van der Waals surface area contributed by atoms with E-state index >= 15 is 0 Å². The van der Waals surface area contributed by atoms with Gasteiger partial charge in [-0.25, -0.2) is 4.79 Å². The number of non-ortho nitro benzene ring substituents is 1. The summed E-state index contributed by atoms with van der Waals surface area (Å²) in [6, 6.07) is 6.63. The summed E-state index contributed by atoms with van der Waals surface area (Å²) in [7, 11) is 0. The van der Waals surface area contributed by atoms with E-state index in [0.29, 0.717) is 12.5 Å². The Morgan fingerprint density at radius 3 is 2.38 bits per heavy atom. The van der Waals surface area contributed by atoms with E-state index in [9.17, 15) is 14.9 Å². The van der Waals surface area contributed by atoms with Crippen molar-refractivity contribution in [3.63, 3.8) is 0 Å². The molecule has 24 heavy (non-hydrogen) atoms. The van der Waals surface area contributed by atoms with Gasteiger partial charge >= 0.3 is 6.09 Å². The van der Waals surface area contributed by atoms with Crippen LogP contribution in [0.4, 0.5) is 16.2 Å². The number of nitrogens with zero attached hydrogens (tertiary/aromatic N) is 2. The Bertz CT molecular complexity index is 572. The lowest BCUT2D eigenvalue weighted by Gasteiger charge is -2.33. The standard InChI is InChI=1S/C17H25N3O4/c1-17(2,3)18-16(21)24-12-13-8-10-19(11-9-13)14-4-6-15(7-5-14)20(22)23/h4-7,13H,8-12H2,1-3H3,(H,18,21). The largest absolute Gasteiger partial charge is 0.449 e. The van der Waals surface area contributed by atoms with Gasteiger partial charge in [0.1, 0.15) is 0 Å². The maximum Gasteiger partial charge on any atom is 0.407 e. The van der Waals surface area contributed by atoms with E-state index in [1.165, 1.54) is 12.1 Å². The number of hydrogen-bond donors (Lipinski definition) is 1. The predicted octanol–water partition coefficient (Wildman–Crippen LogP) is 3.34. The van der Waals surface area contributed by atoms with Crippen molar-refractivity contribution < 1.29 is 14.5 Å². The third-order valence-electron chi connectivity index (χ3n) is 3.97. The van der Waals surface area contributed by atoms with Crippen LogP contribution in [0.1, 0.15) is 33.6 Å². The number of carbonyl (C=O) groups excluding carboxylic acids is 1. The third-order valence-corrected chi connectivity index (χ3v) is 3.97. The maximum atomic E-state index is 11.7. The van der Waals surface area contributed by atoms with Gasteiger partial charge in [0.15, 0.2) is 0 Å². The van der Waals surface area contributed by atoms with Gasteiger partial charge in [-0.2, -0.15) is 0 Å². The SMILES string of the molecule is CC(C)(C)NC(=O)OCC1CCN(c2ccc([N+](=O)[O-])cc2)CC1. The van der Waals surface area contributed by atoms with Crippen molar-refractivity contribution in [1.29, 1.82) is 0 Å². The molecule has 1 aromatic carbocycles. The van der Waals surface area contributed by atoms with Crippen LogP contribution in [0.25, 0.3) is 0 Å². The molecule has 0 bridgehead atoms. The van der Waals surface area contributed by atoms with Gasteiger partial charge in [-0.05, 0) is 51.7 Å². The Morgan fingerprint density at radius 1 is 1.29 bits per heavy atom. The minimum atomic E-state index is -0.393. The molecule has 1 aliphatic rings. The molecule has 1 heterocycles. The van der Waals surface area contributed by atoms with E-state index in [0.717, 1.165) is 31.6 Å². The number of nitro benzene ring substituents is 1. The van der Waals surface area contributed by atoms with Crippen molar-refractivity contribution in [2.75, 3.05) is 24.6 Å². The van der Waals surface area contributed by atoms with Crippen LogP contribution in [0.5, 0.6) is 0 Å². The monoisotopic (exact) mass is 335 g/mol. The molecule has 1 fully saturated rings. The van der Waals surface area contributed by atoms with Crippen molar-refractivity contribution in [3.8, 4) is 0 Å². The maximum absolute atomic E-state index is 11.7. The minimum absolute atomic E-state index is 0.104. The highest BCUT2D eigenvalue weighted by molar-refractivity contribution is 5.68. The van der Waals surface area contributed by atoms with Gasteiger partial charge < -0.3 is 15.0 Å². The molecule has 0 spiro atoms. The normalized spacial score (nSPS) is 15.9. The molecular weight excluding hydrogens is 310 g/mol. The molecule has 0 aromatic heterocycles. The van der Waals surface area contributed by atoms with E-state index in [2.05, 4.69) is 10.2 Å². The zero-order chi connectivity index (χ0) is 17.7. The Morgan fingerprint density at radius 2 is 1.88 bits per heavy atom. The Kier molecular flexibility index (Phi) is 5.64. The van der Waals surface area contributed by atoms with E-state index in [1.807, 2.05) is 20.8 Å². The molecular formula is C17H25N3O4. The van der Waals surface area contributed by atoms with Crippen molar-refractivity contribution >= 4 is 17.5 Å². The topological polar surface area (TPSA) is 84.7 Å². The van der Waals surface area contributed by atoms with Gasteiger partial charge in [0.05, 0.1) is 11.5 Å². The van der Waals surface area contributed by atoms with Gasteiger partial charge in [-0.1, -0.05) is 0 Å². The van der Waals surface area contributed by atoms with Gasteiger partial charge in [-0.15, -0.1) is 0 Å². The van der Waals surface area contributed by atoms with E-state index in [4.69, 9.17) is 4.74 Å². The molecule has 0 aliphatic carbocycles. The molecule has 1 saturated heterocycles. The lowest BCUT2D eigenvalue weighted by molar-refractivity contribution is -0.384. The van der Waals surface area contributed by atoms with Crippen molar-refractivity contribution in [1.82, 2.24) is 5.32 Å². The number of alkyl carbamates (subject to hydrolysis) is 1. The average molecular weight is 335 g/mol. The number of hydrogen-bond acceptors (Lipinski definition) is 5. The highest BCUT2D eigenvalue weighted by Crippen LogP contribution is 2.25. The summed E-state index contributed by atoms with van der Waals surface area (Å²) in [5.74, 6) is 0.352. The number of nitro groups is 1. The van der Waals surface area contributed by atoms with Crippen LogP contribution in [0.15, 0.2) is 24.3 Å². The number of amides is 1. The lowest BCUT2D eigenvalue weighted by Crippen LogP contribution is -2.42. The summed E-state index contributed by atoms with van der Waals surface area (Å²) in [6.07, 6.45) is 1.49. The number of anilines is 1. The molecule has 1 N–H and O–H groups in total. The number of piperidine rings is 1. The number of nitrogens with one attached hydrogen (secondary N) is 1. The Hall–Kier alpha value is -2.31. The van der Waals surface area contributed by atoms with Crippen LogP contribution in [0.2, 0.25) is 0 Å². The molecule has 0 radical (unpaired) electrons. The quantitative estimate of drug-likeness (QED) is 0.674. The van der Waals surface area contributed by atoms with E-state index in [-0.39, 0.29) is 17.3 Å². The number of carbonyl (C=O) groups is 1. The van der Waals surface area contributed by atoms with Crippen molar-refractivity contribution in [3.05, 3.63) is 34.4 Å². The van der Waals surface area contributed by atoms with Crippen LogP contribution in [-0.4, -0.2) is 36.3 Å². The third kappa shape index (κ3) is 5.40. The fourth-order valence-electron chi connectivity index (χ4n) is 2.68.